The molecule has 2 heterocycles. The van der Waals surface area contributed by atoms with Crippen molar-refractivity contribution in [3.8, 4) is 28.4 Å². The highest BCUT2D eigenvalue weighted by Crippen LogP contribution is 2.38. The number of anilines is 1. The number of benzene rings is 2. The molecule has 0 radical (unpaired) electrons. The van der Waals surface area contributed by atoms with E-state index in [1.165, 1.54) is 26.4 Å². The largest absolute Gasteiger partial charge is 0.497 e. The van der Waals surface area contributed by atoms with Gasteiger partial charge in [0.25, 0.3) is 5.56 Å². The number of nitrogens with one attached hydrogen (secondary N) is 1. The van der Waals surface area contributed by atoms with Crippen molar-refractivity contribution in [3.63, 3.8) is 0 Å². The Morgan fingerprint density at radius 1 is 1.07 bits per heavy atom. The van der Waals surface area contributed by atoms with Crippen LogP contribution in [0.5, 0.6) is 11.5 Å². The van der Waals surface area contributed by atoms with Crippen molar-refractivity contribution >= 4 is 11.6 Å². The van der Waals surface area contributed by atoms with Crippen molar-refractivity contribution in [2.24, 2.45) is 0 Å². The number of aromatic nitrogens is 2. The Balaban J connectivity index is 1.57. The summed E-state index contributed by atoms with van der Waals surface area (Å²) in [6.45, 7) is 1.25. The second kappa shape index (κ2) is 12.0. The van der Waals surface area contributed by atoms with Gasteiger partial charge in [-0.25, -0.2) is 0 Å². The summed E-state index contributed by atoms with van der Waals surface area (Å²) in [4.78, 5) is 27.1. The zero-order valence-corrected chi connectivity index (χ0v) is 23.7. The molecule has 2 aromatic carbocycles. The molecule has 1 amide bonds. The summed E-state index contributed by atoms with van der Waals surface area (Å²) >= 11 is 0. The summed E-state index contributed by atoms with van der Waals surface area (Å²) < 4.78 is 60.5. The van der Waals surface area contributed by atoms with Crippen molar-refractivity contribution in [2.75, 3.05) is 45.9 Å². The standard InChI is InChI=1S/C30H33F3N4O5/c1-34-27(38)10-12-42-20-9-11-36(17-20)19-7-8-25(30(31,32)33)26(15-19)37-29(39)24-6-4-5-23(24)28(35-37)18-13-21(40-2)16-22(14-18)41-3/h7-8,13-16,20H,4-6,9-12,17H2,1-3H3,(H,34,38). The van der Waals surface area contributed by atoms with E-state index in [0.717, 1.165) is 16.3 Å². The molecule has 1 unspecified atom stereocenters. The van der Waals surface area contributed by atoms with Gasteiger partial charge in [0.2, 0.25) is 5.91 Å². The van der Waals surface area contributed by atoms with Crippen molar-refractivity contribution in [1.29, 1.82) is 0 Å². The normalized spacial score (nSPS) is 16.4. The lowest BCUT2D eigenvalue weighted by molar-refractivity contribution is -0.137. The lowest BCUT2D eigenvalue weighted by atomic mass is 10.0. The van der Waals surface area contributed by atoms with Gasteiger partial charge in [-0.1, -0.05) is 0 Å². The molecule has 2 aliphatic rings. The molecule has 3 aromatic rings. The zero-order valence-electron chi connectivity index (χ0n) is 23.7. The average molecular weight is 587 g/mol. The maximum absolute atomic E-state index is 14.3. The molecule has 1 aliphatic carbocycles. The molecule has 9 nitrogen and oxygen atoms in total. The second-order valence-corrected chi connectivity index (χ2v) is 10.3. The predicted molar refractivity (Wildman–Crippen MR) is 151 cm³/mol. The molecule has 0 saturated carbocycles. The maximum atomic E-state index is 14.3. The van der Waals surface area contributed by atoms with Crippen molar-refractivity contribution < 1.29 is 32.2 Å². The first-order chi connectivity index (χ1) is 20.1. The minimum atomic E-state index is -4.72. The molecule has 1 aromatic heterocycles. The van der Waals surface area contributed by atoms with E-state index in [1.807, 2.05) is 4.90 Å². The molecule has 1 N–H and O–H groups in total. The fourth-order valence-corrected chi connectivity index (χ4v) is 5.59. The van der Waals surface area contributed by atoms with E-state index in [1.54, 1.807) is 25.2 Å². The van der Waals surface area contributed by atoms with E-state index in [9.17, 15) is 22.8 Å². The number of amides is 1. The Morgan fingerprint density at radius 2 is 1.79 bits per heavy atom. The van der Waals surface area contributed by atoms with Crippen LogP contribution in [0, 0.1) is 0 Å². The highest BCUT2D eigenvalue weighted by atomic mass is 19.4. The predicted octanol–water partition coefficient (Wildman–Crippen LogP) is 4.16. The number of alkyl halides is 3. The third-order valence-electron chi connectivity index (χ3n) is 7.77. The van der Waals surface area contributed by atoms with Crippen LogP contribution < -0.4 is 25.2 Å². The first kappa shape index (κ1) is 29.4. The Hall–Kier alpha value is -4.06. The third-order valence-corrected chi connectivity index (χ3v) is 7.77. The number of hydrogen-bond acceptors (Lipinski definition) is 7. The number of methoxy groups -OCH3 is 2. The second-order valence-electron chi connectivity index (χ2n) is 10.3. The minimum Gasteiger partial charge on any atom is -0.497 e. The first-order valence-electron chi connectivity index (χ1n) is 13.8. The highest BCUT2D eigenvalue weighted by molar-refractivity contribution is 5.75. The number of carbonyl (C=O) groups is 1. The number of fused-ring (bicyclic) bond motifs is 1. The fourth-order valence-electron chi connectivity index (χ4n) is 5.59. The Bertz CT molecular complexity index is 1520. The van der Waals surface area contributed by atoms with Crippen LogP contribution in [0.3, 0.4) is 0 Å². The van der Waals surface area contributed by atoms with E-state index >= 15 is 0 Å². The van der Waals surface area contributed by atoms with Crippen molar-refractivity contribution in [3.05, 3.63) is 63.4 Å². The summed E-state index contributed by atoms with van der Waals surface area (Å²) in [5, 5.41) is 7.11. The van der Waals surface area contributed by atoms with Gasteiger partial charge in [-0.3, -0.25) is 9.59 Å². The van der Waals surface area contributed by atoms with Crippen LogP contribution in [0.4, 0.5) is 18.9 Å². The highest BCUT2D eigenvalue weighted by Gasteiger charge is 2.36. The molecule has 12 heteroatoms. The molecule has 1 fully saturated rings. The van der Waals surface area contributed by atoms with Gasteiger partial charge in [-0.2, -0.15) is 23.0 Å². The van der Waals surface area contributed by atoms with Gasteiger partial charge in [-0.15, -0.1) is 0 Å². The Morgan fingerprint density at radius 3 is 2.45 bits per heavy atom. The first-order valence-corrected chi connectivity index (χ1v) is 13.8. The van der Waals surface area contributed by atoms with Gasteiger partial charge in [-0.05, 0) is 61.6 Å². The summed E-state index contributed by atoms with van der Waals surface area (Å²) in [6, 6.07) is 8.94. The van der Waals surface area contributed by atoms with Crippen LogP contribution in [0.2, 0.25) is 0 Å². The summed E-state index contributed by atoms with van der Waals surface area (Å²) in [5.41, 5.74) is 0.876. The summed E-state index contributed by atoms with van der Waals surface area (Å²) in [6.07, 6.45) is -2.26. The molecule has 0 bridgehead atoms. The number of nitrogens with zero attached hydrogens (tertiary/aromatic N) is 3. The third kappa shape index (κ3) is 5.94. The smallest absolute Gasteiger partial charge is 0.418 e. The number of ether oxygens (including phenoxy) is 3. The number of carbonyl (C=O) groups excluding carboxylic acids is 1. The Labute approximate surface area is 241 Å². The maximum Gasteiger partial charge on any atom is 0.418 e. The van der Waals surface area contributed by atoms with E-state index in [0.29, 0.717) is 72.8 Å². The van der Waals surface area contributed by atoms with E-state index in [2.05, 4.69) is 10.4 Å². The van der Waals surface area contributed by atoms with Gasteiger partial charge in [0.15, 0.2) is 0 Å². The lowest BCUT2D eigenvalue weighted by Gasteiger charge is -2.22. The molecular formula is C30H33F3N4O5. The fraction of sp³-hybridized carbons (Fsp3) is 0.433. The van der Waals surface area contributed by atoms with Gasteiger partial charge in [0.1, 0.15) is 11.5 Å². The van der Waals surface area contributed by atoms with Crippen molar-refractivity contribution in [2.45, 2.75) is 44.4 Å². The number of rotatable bonds is 9. The van der Waals surface area contributed by atoms with Crippen LogP contribution in [-0.4, -0.2) is 62.8 Å². The van der Waals surface area contributed by atoms with Gasteiger partial charge in [0, 0.05) is 49.4 Å². The number of hydrogen-bond donors (Lipinski definition) is 1. The summed E-state index contributed by atoms with van der Waals surface area (Å²) in [7, 11) is 4.57. The van der Waals surface area contributed by atoms with Crippen LogP contribution in [0.1, 0.15) is 36.0 Å². The number of halogens is 3. The van der Waals surface area contributed by atoms with E-state index in [4.69, 9.17) is 14.2 Å². The molecule has 42 heavy (non-hydrogen) atoms. The Kier molecular flexibility index (Phi) is 8.44. The molecule has 0 spiro atoms. The molecule has 1 atom stereocenters. The van der Waals surface area contributed by atoms with Gasteiger partial charge < -0.3 is 24.4 Å². The monoisotopic (exact) mass is 586 g/mol. The SMILES string of the molecule is CNC(=O)CCOC1CCN(c2ccc(C(F)(F)F)c(-n3nc(-c4cc(OC)cc(OC)c4)c4c(c3=O)CCC4)c2)C1. The van der Waals surface area contributed by atoms with Crippen LogP contribution in [0.15, 0.2) is 41.2 Å². The van der Waals surface area contributed by atoms with Crippen LogP contribution in [-0.2, 0) is 28.5 Å². The molecule has 5 rings (SSSR count). The molecular weight excluding hydrogens is 553 g/mol. The minimum absolute atomic E-state index is 0.128. The van der Waals surface area contributed by atoms with E-state index in [-0.39, 0.29) is 30.7 Å². The van der Waals surface area contributed by atoms with Crippen LogP contribution >= 0.6 is 0 Å². The van der Waals surface area contributed by atoms with Gasteiger partial charge in [0.05, 0.1) is 43.9 Å². The van der Waals surface area contributed by atoms with Crippen molar-refractivity contribution in [1.82, 2.24) is 15.1 Å². The zero-order chi connectivity index (χ0) is 30.0. The van der Waals surface area contributed by atoms with Crippen LogP contribution in [0.25, 0.3) is 16.9 Å². The quantitative estimate of drug-likeness (QED) is 0.403. The van der Waals surface area contributed by atoms with Gasteiger partial charge >= 0.3 is 6.18 Å². The topological polar surface area (TPSA) is 94.9 Å². The van der Waals surface area contributed by atoms with E-state index < -0.39 is 17.3 Å². The molecule has 224 valence electrons. The lowest BCUT2D eigenvalue weighted by Crippen LogP contribution is -2.29. The summed E-state index contributed by atoms with van der Waals surface area (Å²) in [5.74, 6) is 0.862. The average Bonchev–Trinajstić information content (AvgIpc) is 3.67. The molecule has 1 saturated heterocycles. The molecule has 1 aliphatic heterocycles.